The van der Waals surface area contributed by atoms with Gasteiger partial charge in [-0.2, -0.15) is 0 Å². The van der Waals surface area contributed by atoms with Crippen LogP contribution in [0.2, 0.25) is 0 Å². The van der Waals surface area contributed by atoms with Crippen LogP contribution in [-0.4, -0.2) is 67.3 Å². The van der Waals surface area contributed by atoms with E-state index in [-0.39, 0.29) is 16.2 Å². The molecule has 0 spiro atoms. The van der Waals surface area contributed by atoms with Crippen molar-refractivity contribution in [3.05, 3.63) is 447 Å². The number of hydrogen-bond donors (Lipinski definition) is 0. The molecule has 0 unspecified atom stereocenters. The summed E-state index contributed by atoms with van der Waals surface area (Å²) in [5, 5.41) is 15.7. The van der Waals surface area contributed by atoms with Crippen LogP contribution >= 0.6 is 0 Å². The second-order valence-corrected chi connectivity index (χ2v) is 38.6. The quantitative estimate of drug-likeness (QED) is 0.137. The van der Waals surface area contributed by atoms with Gasteiger partial charge in [0.15, 0.2) is 5.82 Å². The Bertz CT molecular complexity index is 9860. The molecule has 0 bridgehead atoms. The number of hydrogen-bond acceptors (Lipinski definition) is 8. The summed E-state index contributed by atoms with van der Waals surface area (Å²) in [6.45, 7) is 13.9. The lowest BCUT2D eigenvalue weighted by Crippen LogP contribution is -2.28. The summed E-state index contributed by atoms with van der Waals surface area (Å²) in [7, 11) is 0. The van der Waals surface area contributed by atoms with Crippen LogP contribution in [0.1, 0.15) is 75.1 Å². The molecule has 0 fully saturated rings. The van der Waals surface area contributed by atoms with E-state index in [1.807, 2.05) is 36.9 Å². The average Bonchev–Trinajstić information content (AvgIpc) is 1.56. The highest BCUT2D eigenvalue weighted by Gasteiger charge is 2.41. The Labute approximate surface area is 799 Å². The molecule has 27 aromatic rings. The lowest BCUT2D eigenvalue weighted by molar-refractivity contribution is 0.599. The summed E-state index contributed by atoms with van der Waals surface area (Å²) in [6, 6.07) is 135. The van der Waals surface area contributed by atoms with Crippen molar-refractivity contribution in [3.8, 4) is 90.7 Å². The highest BCUT2D eigenvalue weighted by atomic mass is 15.1. The number of aromatic nitrogens is 14. The van der Waals surface area contributed by atoms with E-state index >= 15 is 0 Å². The second kappa shape index (κ2) is 30.1. The zero-order valence-electron chi connectivity index (χ0n) is 77.0. The fourth-order valence-corrected chi connectivity index (χ4v) is 23.4. The largest absolute Gasteiger partial charge is 0.309 e. The Kier molecular flexibility index (Phi) is 17.2. The molecule has 0 atom stereocenters. The van der Waals surface area contributed by atoms with E-state index in [4.69, 9.17) is 29.9 Å². The highest BCUT2D eigenvalue weighted by molar-refractivity contribution is 6.26. The van der Waals surface area contributed by atoms with E-state index in [0.717, 1.165) is 134 Å². The van der Waals surface area contributed by atoms with Crippen molar-refractivity contribution >= 4 is 142 Å². The van der Waals surface area contributed by atoms with Crippen LogP contribution in [0.25, 0.3) is 232 Å². The van der Waals surface area contributed by atoms with Crippen LogP contribution in [0.4, 0.5) is 0 Å². The minimum Gasteiger partial charge on any atom is -0.309 e. The molecule has 0 amide bonds. The van der Waals surface area contributed by atoms with Crippen molar-refractivity contribution in [1.29, 1.82) is 0 Å². The van der Waals surface area contributed by atoms with Crippen molar-refractivity contribution in [2.75, 3.05) is 0 Å². The second-order valence-electron chi connectivity index (χ2n) is 38.6. The topological polar surface area (TPSA) is 133 Å². The third kappa shape index (κ3) is 11.7. The fraction of sp³-hybridized carbons (Fsp3) is 0.0720. The summed E-state index contributed by atoms with van der Waals surface area (Å²) in [5.41, 5.74) is 34.7. The Morgan fingerprint density at radius 1 is 0.216 bits per heavy atom. The van der Waals surface area contributed by atoms with Gasteiger partial charge in [0.25, 0.3) is 0 Å². The summed E-state index contributed by atoms with van der Waals surface area (Å²) >= 11 is 0. The van der Waals surface area contributed by atoms with Gasteiger partial charge in [-0.05, 0) is 189 Å². The molecule has 0 radical (unpaired) electrons. The van der Waals surface area contributed by atoms with Gasteiger partial charge in [-0.15, -0.1) is 0 Å². The van der Waals surface area contributed by atoms with Gasteiger partial charge < -0.3 is 9.13 Å². The standard InChI is InChI=1S/C46H31N5.C40H27N5.C39H28N4/c1-46(2)37-18-10-11-19-39(37)51-40-26-47-27-48-41(40)36-24-30(25-38(46)43(36)51)28-20-22-29(23-21-28)45-49-42-34-16-8-6-14-32(34)33-15-7-9-17-35(33)44(42)50(45)31-12-4-3-5-13-31;1-40(2)32-23-24(22-31-28-16-10-11-19-33(28)45(35(31)32)39-37(40)41-20-21-42-39)38-43-34-29-17-8-6-14-26(29)27-15-7-9-18-30(27)36(34)44(38)25-12-4-3-5-13-25;1-39(2)31-23-27(22-30-29-12-6-8-14-34(29)43(37(30)31)35-20-21-40-24-32(35)39)25-16-18-28(19-17-25)42-36-15-9-7-13-33(36)41-38(42)26-10-4-3-5-11-26/h3-27H,1-2H3;3-23H,1-2H3;3-24H,1-2H3. The molecule has 14 nitrogen and oxygen atoms in total. The van der Waals surface area contributed by atoms with Crippen molar-refractivity contribution in [1.82, 2.24) is 67.3 Å². The molecule has 0 aliphatic carbocycles. The Morgan fingerprint density at radius 2 is 0.633 bits per heavy atom. The summed E-state index contributed by atoms with van der Waals surface area (Å²) < 4.78 is 14.1. The van der Waals surface area contributed by atoms with Crippen LogP contribution in [0.5, 0.6) is 0 Å². The smallest absolute Gasteiger partial charge is 0.160 e. The third-order valence-corrected chi connectivity index (χ3v) is 30.0. The van der Waals surface area contributed by atoms with Crippen LogP contribution in [0, 0.1) is 0 Å². The molecule has 12 heterocycles. The molecule has 0 saturated heterocycles. The molecular formula is C125H86N14. The van der Waals surface area contributed by atoms with Crippen molar-refractivity contribution in [2.45, 2.75) is 57.8 Å². The molecule has 9 aromatic heterocycles. The molecule has 3 aliphatic rings. The molecule has 0 saturated carbocycles. The predicted molar refractivity (Wildman–Crippen MR) is 569 cm³/mol. The maximum atomic E-state index is 5.54. The predicted octanol–water partition coefficient (Wildman–Crippen LogP) is 30.2. The van der Waals surface area contributed by atoms with Crippen LogP contribution in [-0.2, 0) is 16.2 Å². The van der Waals surface area contributed by atoms with Crippen LogP contribution < -0.4 is 0 Å². The van der Waals surface area contributed by atoms with Gasteiger partial charge in [-0.25, -0.2) is 29.9 Å². The zero-order chi connectivity index (χ0) is 92.4. The monoisotopic (exact) mass is 1780 g/mol. The molecule has 30 rings (SSSR count). The van der Waals surface area contributed by atoms with Crippen molar-refractivity contribution in [2.24, 2.45) is 0 Å². The first-order valence-corrected chi connectivity index (χ1v) is 47.6. The minimum atomic E-state index is -0.370. The fourth-order valence-electron chi connectivity index (χ4n) is 23.4. The van der Waals surface area contributed by atoms with E-state index in [2.05, 4.69) is 443 Å². The van der Waals surface area contributed by atoms with Gasteiger partial charge in [-0.3, -0.25) is 28.2 Å². The summed E-state index contributed by atoms with van der Waals surface area (Å²) in [6.07, 6.45) is 11.2. The van der Waals surface area contributed by atoms with Gasteiger partial charge in [-0.1, -0.05) is 295 Å². The van der Waals surface area contributed by atoms with E-state index in [0.29, 0.717) is 0 Å². The highest BCUT2D eigenvalue weighted by Crippen LogP contribution is 2.54. The van der Waals surface area contributed by atoms with Gasteiger partial charge in [0.05, 0.1) is 95.0 Å². The maximum absolute atomic E-state index is 5.54. The van der Waals surface area contributed by atoms with Crippen LogP contribution in [0.15, 0.2) is 413 Å². The molecule has 0 N–H and O–H groups in total. The van der Waals surface area contributed by atoms with Gasteiger partial charge in [0.2, 0.25) is 0 Å². The molecular weight excluding hydrogens is 1700 g/mol. The third-order valence-electron chi connectivity index (χ3n) is 30.0. The number of benzene rings is 18. The van der Waals surface area contributed by atoms with Gasteiger partial charge >= 0.3 is 0 Å². The zero-order valence-corrected chi connectivity index (χ0v) is 77.0. The number of pyridine rings is 1. The average molecular weight is 1780 g/mol. The Hall–Kier alpha value is -17.9. The molecule has 18 aromatic carbocycles. The normalized spacial score (nSPS) is 13.6. The number of rotatable bonds is 8. The molecule has 139 heavy (non-hydrogen) atoms. The van der Waals surface area contributed by atoms with E-state index < -0.39 is 0 Å². The molecule has 3 aliphatic heterocycles. The van der Waals surface area contributed by atoms with Crippen molar-refractivity contribution < 1.29 is 0 Å². The number of nitrogens with zero attached hydrogens (tertiary/aromatic N) is 14. The first kappa shape index (κ1) is 79.7. The Balaban J connectivity index is 0.000000103. The van der Waals surface area contributed by atoms with E-state index in [1.165, 1.54) is 132 Å². The summed E-state index contributed by atoms with van der Waals surface area (Å²) in [5.74, 6) is 3.70. The first-order chi connectivity index (χ1) is 68.3. The first-order valence-electron chi connectivity index (χ1n) is 47.6. The lowest BCUT2D eigenvalue weighted by Gasteiger charge is -2.35. The molecule has 656 valence electrons. The molecule has 14 heteroatoms. The van der Waals surface area contributed by atoms with Gasteiger partial charge in [0.1, 0.15) is 23.8 Å². The minimum absolute atomic E-state index is 0.192. The summed E-state index contributed by atoms with van der Waals surface area (Å²) in [4.78, 5) is 39.6. The van der Waals surface area contributed by atoms with Gasteiger partial charge in [0, 0.05) is 129 Å². The SMILES string of the molecule is CC1(C)c2ccccc2-n2c3cncnc3c3cc(-c4ccc(-c5nc6c7ccccc7c7ccccc7c6n5-c5ccccc5)cc4)cc1c32.CC1(C)c2cnccc2-n2c3ccccc3c3cc(-c4ccc(-n5c(-c6ccccc6)nc6ccccc65)cc4)cc1c32.CC1(C)c2nccnc2-n2c3ccccc3c3cc(-c4nc5c6ccccc6c6ccccc6c5n4-c4ccccc4)cc1c32. The number of fused-ring (bicyclic) bond motifs is 28. The number of imidazole rings is 3. The van der Waals surface area contributed by atoms with E-state index in [1.54, 1.807) is 12.5 Å². The van der Waals surface area contributed by atoms with E-state index in [9.17, 15) is 0 Å². The van der Waals surface area contributed by atoms with Crippen molar-refractivity contribution in [3.63, 3.8) is 0 Å². The van der Waals surface area contributed by atoms with Crippen LogP contribution in [0.3, 0.4) is 0 Å². The Morgan fingerprint density at radius 3 is 1.25 bits per heavy atom. The number of para-hydroxylation sites is 7. The maximum Gasteiger partial charge on any atom is 0.160 e. The lowest BCUT2D eigenvalue weighted by atomic mass is 9.74.